The minimum atomic E-state index is -0.183. The lowest BCUT2D eigenvalue weighted by molar-refractivity contribution is -0.118. The highest BCUT2D eigenvalue weighted by Gasteiger charge is 2.17. The van der Waals surface area contributed by atoms with Gasteiger partial charge in [0, 0.05) is 16.0 Å². The molecule has 9 heteroatoms. The average molecular weight is 451 g/mol. The maximum Gasteiger partial charge on any atom is 0.262 e. The molecule has 1 amide bonds. The number of hydrogen-bond donors (Lipinski definition) is 1. The van der Waals surface area contributed by atoms with Gasteiger partial charge in [0.1, 0.15) is 11.5 Å². The topological polar surface area (TPSA) is 81.1 Å². The van der Waals surface area contributed by atoms with E-state index in [1.54, 1.807) is 35.4 Å². The van der Waals surface area contributed by atoms with Gasteiger partial charge in [0.15, 0.2) is 6.61 Å². The Bertz CT molecular complexity index is 1340. The summed E-state index contributed by atoms with van der Waals surface area (Å²) in [7, 11) is 0. The Hall–Kier alpha value is -3.62. The Morgan fingerprint density at radius 1 is 1.16 bits per heavy atom. The number of carbonyl (C=O) groups excluding carboxylic acids is 1. The van der Waals surface area contributed by atoms with Crippen LogP contribution >= 0.6 is 22.9 Å². The lowest BCUT2D eigenvalue weighted by atomic mass is 10.1. The van der Waals surface area contributed by atoms with Crippen LogP contribution in [0.1, 0.15) is 5.76 Å². The Morgan fingerprint density at radius 3 is 2.84 bits per heavy atom. The minimum absolute atomic E-state index is 0.0162. The van der Waals surface area contributed by atoms with Gasteiger partial charge in [-0.1, -0.05) is 11.6 Å². The van der Waals surface area contributed by atoms with Crippen LogP contribution in [0.3, 0.4) is 0 Å². The SMILES string of the molecule is O=C1COc2ccc(-c3csc(=Nc4ccc(Cl)cc4)n3N=Cc3ccco3)cc2N1. The maximum atomic E-state index is 11.7. The van der Waals surface area contributed by atoms with Gasteiger partial charge in [-0.2, -0.15) is 5.10 Å². The molecule has 7 nitrogen and oxygen atoms in total. The Morgan fingerprint density at radius 2 is 2.03 bits per heavy atom. The second-order valence-corrected chi connectivity index (χ2v) is 7.88. The molecule has 3 heterocycles. The monoisotopic (exact) mass is 450 g/mol. The number of benzene rings is 2. The highest BCUT2D eigenvalue weighted by molar-refractivity contribution is 7.07. The molecule has 5 rings (SSSR count). The first-order chi connectivity index (χ1) is 15.2. The van der Waals surface area contributed by atoms with Gasteiger partial charge in [-0.3, -0.25) is 4.79 Å². The molecule has 1 aliphatic rings. The standard InChI is InChI=1S/C22H15ClN4O3S/c23-15-4-6-16(7-5-15)25-22-27(24-11-17-2-1-9-29-17)19(13-31-22)14-3-8-20-18(10-14)26-21(28)12-30-20/h1-11,13H,12H2,(H,26,28). The van der Waals surface area contributed by atoms with Gasteiger partial charge in [-0.15, -0.1) is 11.3 Å². The molecule has 154 valence electrons. The number of fused-ring (bicyclic) bond motifs is 1. The number of amides is 1. The predicted octanol–water partition coefficient (Wildman–Crippen LogP) is 4.91. The first-order valence-corrected chi connectivity index (χ1v) is 10.6. The van der Waals surface area contributed by atoms with Gasteiger partial charge < -0.3 is 14.5 Å². The smallest absolute Gasteiger partial charge is 0.262 e. The number of aromatic nitrogens is 1. The van der Waals surface area contributed by atoms with E-state index < -0.39 is 0 Å². The fraction of sp³-hybridized carbons (Fsp3) is 0.0455. The van der Waals surface area contributed by atoms with Crippen molar-refractivity contribution in [1.29, 1.82) is 0 Å². The lowest BCUT2D eigenvalue weighted by Crippen LogP contribution is -2.25. The van der Waals surface area contributed by atoms with Crippen molar-refractivity contribution in [2.75, 3.05) is 11.9 Å². The highest BCUT2D eigenvalue weighted by Crippen LogP contribution is 2.33. The summed E-state index contributed by atoms with van der Waals surface area (Å²) in [5.74, 6) is 1.07. The number of hydrogen-bond acceptors (Lipinski definition) is 6. The number of furan rings is 1. The van der Waals surface area contributed by atoms with Gasteiger partial charge in [0.2, 0.25) is 4.80 Å². The number of anilines is 1. The summed E-state index contributed by atoms with van der Waals surface area (Å²) in [6, 6.07) is 16.5. The van der Waals surface area contributed by atoms with Crippen LogP contribution in [0.25, 0.3) is 11.3 Å². The van der Waals surface area contributed by atoms with Crippen molar-refractivity contribution in [3.8, 4) is 17.0 Å². The summed E-state index contributed by atoms with van der Waals surface area (Å²) in [6.45, 7) is 0.0162. The molecule has 4 aromatic rings. The zero-order chi connectivity index (χ0) is 21.2. The number of rotatable bonds is 4. The number of thiazole rings is 1. The Labute approximate surface area is 185 Å². The van der Waals surface area contributed by atoms with E-state index in [9.17, 15) is 4.79 Å². The molecule has 0 aliphatic carbocycles. The summed E-state index contributed by atoms with van der Waals surface area (Å²) in [5, 5.41) is 10.0. The van der Waals surface area contributed by atoms with Crippen LogP contribution in [0, 0.1) is 0 Å². The molecule has 0 saturated carbocycles. The van der Waals surface area contributed by atoms with E-state index in [0.717, 1.165) is 16.9 Å². The molecule has 1 aliphatic heterocycles. The lowest BCUT2D eigenvalue weighted by Gasteiger charge is -2.18. The second kappa shape index (κ2) is 8.25. The van der Waals surface area contributed by atoms with Crippen LogP contribution in [0.2, 0.25) is 5.02 Å². The van der Waals surface area contributed by atoms with E-state index in [1.807, 2.05) is 41.8 Å². The summed E-state index contributed by atoms with van der Waals surface area (Å²) in [6.07, 6.45) is 3.21. The fourth-order valence-corrected chi connectivity index (χ4v) is 4.02. The maximum absolute atomic E-state index is 11.7. The van der Waals surface area contributed by atoms with E-state index in [2.05, 4.69) is 10.4 Å². The van der Waals surface area contributed by atoms with Crippen molar-refractivity contribution in [3.05, 3.63) is 81.8 Å². The molecule has 0 atom stereocenters. The third kappa shape index (κ3) is 4.16. The number of ether oxygens (including phenoxy) is 1. The molecule has 0 fully saturated rings. The highest BCUT2D eigenvalue weighted by atomic mass is 35.5. The summed E-state index contributed by atoms with van der Waals surface area (Å²) < 4.78 is 12.6. The molecule has 31 heavy (non-hydrogen) atoms. The zero-order valence-electron chi connectivity index (χ0n) is 16.0. The first kappa shape index (κ1) is 19.3. The quantitative estimate of drug-likeness (QED) is 0.448. The minimum Gasteiger partial charge on any atom is -0.482 e. The van der Waals surface area contributed by atoms with Crippen LogP contribution in [0.4, 0.5) is 11.4 Å². The third-order valence-electron chi connectivity index (χ3n) is 4.49. The zero-order valence-corrected chi connectivity index (χ0v) is 17.6. The van der Waals surface area contributed by atoms with E-state index in [0.29, 0.717) is 27.0 Å². The molecular weight excluding hydrogens is 436 g/mol. The molecule has 1 N–H and O–H groups in total. The molecule has 0 spiro atoms. The van der Waals surface area contributed by atoms with Crippen LogP contribution in [0.15, 0.2) is 80.8 Å². The largest absolute Gasteiger partial charge is 0.482 e. The summed E-state index contributed by atoms with van der Waals surface area (Å²) in [5.41, 5.74) is 3.04. The van der Waals surface area contributed by atoms with Crippen molar-refractivity contribution in [1.82, 2.24) is 4.68 Å². The number of nitrogens with one attached hydrogen (secondary N) is 1. The van der Waals surface area contributed by atoms with E-state index >= 15 is 0 Å². The predicted molar refractivity (Wildman–Crippen MR) is 120 cm³/mol. The van der Waals surface area contributed by atoms with Crippen molar-refractivity contribution in [2.45, 2.75) is 0 Å². The average Bonchev–Trinajstić information content (AvgIpc) is 3.43. The third-order valence-corrected chi connectivity index (χ3v) is 5.56. The van der Waals surface area contributed by atoms with E-state index in [4.69, 9.17) is 25.7 Å². The van der Waals surface area contributed by atoms with E-state index in [-0.39, 0.29) is 12.5 Å². The molecule has 0 radical (unpaired) electrons. The van der Waals surface area contributed by atoms with Crippen molar-refractivity contribution >= 4 is 46.4 Å². The molecule has 0 bridgehead atoms. The van der Waals surface area contributed by atoms with Gasteiger partial charge in [0.05, 0.1) is 29.5 Å². The first-order valence-electron chi connectivity index (χ1n) is 9.31. The Kier molecular flexibility index (Phi) is 5.15. The van der Waals surface area contributed by atoms with Crippen LogP contribution in [0.5, 0.6) is 5.75 Å². The van der Waals surface area contributed by atoms with Crippen molar-refractivity contribution in [2.24, 2.45) is 10.1 Å². The Balaban J connectivity index is 1.62. The molecule has 0 unspecified atom stereocenters. The van der Waals surface area contributed by atoms with Crippen molar-refractivity contribution < 1.29 is 13.9 Å². The number of halogens is 1. The number of nitrogens with zero attached hydrogens (tertiary/aromatic N) is 3. The van der Waals surface area contributed by atoms with Gasteiger partial charge >= 0.3 is 0 Å². The van der Waals surface area contributed by atoms with E-state index in [1.165, 1.54) is 11.3 Å². The summed E-state index contributed by atoms with van der Waals surface area (Å²) in [4.78, 5) is 17.1. The summed E-state index contributed by atoms with van der Waals surface area (Å²) >= 11 is 7.43. The number of carbonyl (C=O) groups is 1. The van der Waals surface area contributed by atoms with Gasteiger partial charge in [0.25, 0.3) is 5.91 Å². The fourth-order valence-electron chi connectivity index (χ4n) is 3.03. The van der Waals surface area contributed by atoms with Crippen molar-refractivity contribution in [3.63, 3.8) is 0 Å². The van der Waals surface area contributed by atoms with Crippen LogP contribution in [-0.4, -0.2) is 23.4 Å². The van der Waals surface area contributed by atoms with Gasteiger partial charge in [-0.05, 0) is 54.6 Å². The second-order valence-electron chi connectivity index (χ2n) is 6.61. The normalized spacial score (nSPS) is 13.8. The van der Waals surface area contributed by atoms with Crippen LogP contribution < -0.4 is 14.9 Å². The molecule has 2 aromatic heterocycles. The van der Waals surface area contributed by atoms with Gasteiger partial charge in [-0.25, -0.2) is 9.67 Å². The molecular formula is C22H15ClN4O3S. The molecule has 2 aromatic carbocycles. The molecule has 0 saturated heterocycles. The van der Waals surface area contributed by atoms with Crippen LogP contribution in [-0.2, 0) is 4.79 Å².